The number of anilines is 1. The van der Waals surface area contributed by atoms with Gasteiger partial charge in [0.25, 0.3) is 10.0 Å². The minimum atomic E-state index is -3.62. The van der Waals surface area contributed by atoms with Gasteiger partial charge in [0, 0.05) is 38.9 Å². The second-order valence-corrected chi connectivity index (χ2v) is 9.83. The molecule has 9 heteroatoms. The number of amides is 1. The smallest absolute Gasteiger partial charge is 0.252 e. The summed E-state index contributed by atoms with van der Waals surface area (Å²) in [6.07, 6.45) is 0.832. The molecule has 0 N–H and O–H groups in total. The normalized spacial score (nSPS) is 15.5. The zero-order chi connectivity index (χ0) is 20.1. The molecule has 1 aliphatic rings. The first-order valence-corrected chi connectivity index (χ1v) is 11.4. The van der Waals surface area contributed by atoms with E-state index in [0.29, 0.717) is 19.6 Å². The van der Waals surface area contributed by atoms with Gasteiger partial charge in [0.2, 0.25) is 5.91 Å². The van der Waals surface area contributed by atoms with Crippen LogP contribution in [0.25, 0.3) is 0 Å². The molecule has 1 aliphatic heterocycles. The van der Waals surface area contributed by atoms with Crippen molar-refractivity contribution in [3.05, 3.63) is 41.8 Å². The molecule has 0 saturated carbocycles. The molecule has 0 aliphatic carbocycles. The van der Waals surface area contributed by atoms with Gasteiger partial charge in [-0.3, -0.25) is 4.79 Å². The molecule has 1 fully saturated rings. The SMILES string of the molecule is COc1ccc(N2CCCN(C(=O)CN(C)S(=O)(=O)c3cccs3)CC2)cc1. The number of thiophene rings is 1. The van der Waals surface area contributed by atoms with Crippen LogP contribution in [0.1, 0.15) is 6.42 Å². The van der Waals surface area contributed by atoms with Crippen molar-refractivity contribution in [1.29, 1.82) is 0 Å². The Labute approximate surface area is 170 Å². The lowest BCUT2D eigenvalue weighted by atomic mass is 10.2. The standard InChI is InChI=1S/C19H25N3O4S2/c1-20(28(24,25)19-5-3-14-27-19)15-18(23)22-11-4-10-21(12-13-22)16-6-8-17(26-2)9-7-16/h3,5-9,14H,4,10-13,15H2,1-2H3. The third-order valence-electron chi connectivity index (χ3n) is 4.80. The van der Waals surface area contributed by atoms with Gasteiger partial charge in [-0.05, 0) is 42.1 Å². The van der Waals surface area contributed by atoms with Crippen molar-refractivity contribution in [2.75, 3.05) is 51.8 Å². The molecular weight excluding hydrogens is 398 g/mol. The molecule has 1 amide bonds. The second-order valence-electron chi connectivity index (χ2n) is 6.61. The molecule has 2 aromatic rings. The van der Waals surface area contributed by atoms with E-state index in [2.05, 4.69) is 4.90 Å². The molecule has 0 atom stereocenters. The number of methoxy groups -OCH3 is 1. The maximum Gasteiger partial charge on any atom is 0.252 e. The molecule has 0 spiro atoms. The zero-order valence-corrected chi connectivity index (χ0v) is 17.7. The molecule has 1 aromatic carbocycles. The summed E-state index contributed by atoms with van der Waals surface area (Å²) in [5.41, 5.74) is 1.09. The van der Waals surface area contributed by atoms with E-state index in [1.54, 1.807) is 29.5 Å². The van der Waals surface area contributed by atoms with E-state index in [1.165, 1.54) is 7.05 Å². The van der Waals surface area contributed by atoms with Crippen LogP contribution in [0, 0.1) is 0 Å². The van der Waals surface area contributed by atoms with Gasteiger partial charge in [-0.25, -0.2) is 8.42 Å². The first-order valence-electron chi connectivity index (χ1n) is 9.08. The van der Waals surface area contributed by atoms with Crippen LogP contribution in [0.15, 0.2) is 46.0 Å². The molecule has 0 radical (unpaired) electrons. The van der Waals surface area contributed by atoms with Crippen LogP contribution in [-0.4, -0.2) is 70.4 Å². The van der Waals surface area contributed by atoms with Crippen LogP contribution >= 0.6 is 11.3 Å². The van der Waals surface area contributed by atoms with E-state index < -0.39 is 10.0 Å². The third kappa shape index (κ3) is 4.65. The van der Waals surface area contributed by atoms with Crippen molar-refractivity contribution in [3.63, 3.8) is 0 Å². The van der Waals surface area contributed by atoms with Crippen LogP contribution < -0.4 is 9.64 Å². The molecule has 1 aromatic heterocycles. The van der Waals surface area contributed by atoms with Crippen LogP contribution in [0.4, 0.5) is 5.69 Å². The summed E-state index contributed by atoms with van der Waals surface area (Å²) in [5, 5.41) is 1.71. The van der Waals surface area contributed by atoms with E-state index in [0.717, 1.165) is 40.0 Å². The van der Waals surface area contributed by atoms with Gasteiger partial charge >= 0.3 is 0 Å². The van der Waals surface area contributed by atoms with E-state index >= 15 is 0 Å². The predicted molar refractivity (Wildman–Crippen MR) is 111 cm³/mol. The molecule has 7 nitrogen and oxygen atoms in total. The Bertz CT molecular complexity index is 882. The molecule has 0 bridgehead atoms. The van der Waals surface area contributed by atoms with Crippen molar-refractivity contribution in [2.45, 2.75) is 10.6 Å². The van der Waals surface area contributed by atoms with E-state index in [-0.39, 0.29) is 16.7 Å². The Balaban J connectivity index is 1.59. The number of ether oxygens (including phenoxy) is 1. The van der Waals surface area contributed by atoms with Gasteiger partial charge in [0.15, 0.2) is 0 Å². The fourth-order valence-electron chi connectivity index (χ4n) is 3.16. The molecule has 152 valence electrons. The average molecular weight is 424 g/mol. The summed E-state index contributed by atoms with van der Waals surface area (Å²) < 4.78 is 31.6. The maximum atomic E-state index is 12.7. The van der Waals surface area contributed by atoms with Gasteiger partial charge in [0.05, 0.1) is 13.7 Å². The topological polar surface area (TPSA) is 70.2 Å². The van der Waals surface area contributed by atoms with E-state index in [9.17, 15) is 13.2 Å². The Kier molecular flexibility index (Phi) is 6.58. The lowest BCUT2D eigenvalue weighted by Gasteiger charge is -2.25. The highest BCUT2D eigenvalue weighted by Gasteiger charge is 2.27. The summed E-state index contributed by atoms with van der Waals surface area (Å²) in [5.74, 6) is 0.643. The summed E-state index contributed by atoms with van der Waals surface area (Å²) in [4.78, 5) is 16.7. The van der Waals surface area contributed by atoms with Crippen molar-refractivity contribution in [1.82, 2.24) is 9.21 Å². The molecular formula is C19H25N3O4S2. The minimum Gasteiger partial charge on any atom is -0.497 e. The number of hydrogen-bond donors (Lipinski definition) is 0. The number of likely N-dealkylation sites (N-methyl/N-ethyl adjacent to an activating group) is 1. The fraction of sp³-hybridized carbons (Fsp3) is 0.421. The highest BCUT2D eigenvalue weighted by Crippen LogP contribution is 2.22. The van der Waals surface area contributed by atoms with Crippen LogP contribution in [0.5, 0.6) is 5.75 Å². The molecule has 2 heterocycles. The van der Waals surface area contributed by atoms with Crippen molar-refractivity contribution in [3.8, 4) is 5.75 Å². The molecule has 28 heavy (non-hydrogen) atoms. The van der Waals surface area contributed by atoms with Gasteiger partial charge in [-0.2, -0.15) is 4.31 Å². The Morgan fingerprint density at radius 2 is 1.89 bits per heavy atom. The van der Waals surface area contributed by atoms with Crippen molar-refractivity contribution in [2.24, 2.45) is 0 Å². The number of hydrogen-bond acceptors (Lipinski definition) is 6. The first-order chi connectivity index (χ1) is 13.4. The van der Waals surface area contributed by atoms with Gasteiger partial charge in [-0.1, -0.05) is 6.07 Å². The van der Waals surface area contributed by atoms with Crippen molar-refractivity contribution < 1.29 is 17.9 Å². The maximum absolute atomic E-state index is 12.7. The molecule has 1 saturated heterocycles. The predicted octanol–water partition coefficient (Wildman–Crippen LogP) is 2.12. The van der Waals surface area contributed by atoms with Crippen molar-refractivity contribution >= 4 is 33.0 Å². The Hall–Kier alpha value is -2.10. The highest BCUT2D eigenvalue weighted by molar-refractivity contribution is 7.91. The van der Waals surface area contributed by atoms with E-state index in [1.807, 2.05) is 24.3 Å². The number of nitrogens with zero attached hydrogens (tertiary/aromatic N) is 3. The van der Waals surface area contributed by atoms with Crippen LogP contribution in [0.2, 0.25) is 0 Å². The monoisotopic (exact) mass is 423 g/mol. The first kappa shape index (κ1) is 20.6. The summed E-state index contributed by atoms with van der Waals surface area (Å²) in [6, 6.07) is 11.1. The minimum absolute atomic E-state index is 0.150. The van der Waals surface area contributed by atoms with Gasteiger partial charge in [-0.15, -0.1) is 11.3 Å². The number of rotatable bonds is 6. The van der Waals surface area contributed by atoms with Crippen LogP contribution in [0.3, 0.4) is 0 Å². The lowest BCUT2D eigenvalue weighted by Crippen LogP contribution is -2.42. The third-order valence-corrected chi connectivity index (χ3v) is 7.98. The van der Waals surface area contributed by atoms with Gasteiger partial charge in [0.1, 0.15) is 9.96 Å². The summed E-state index contributed by atoms with van der Waals surface area (Å²) in [6.45, 7) is 2.60. The summed E-state index contributed by atoms with van der Waals surface area (Å²) >= 11 is 1.15. The largest absolute Gasteiger partial charge is 0.497 e. The molecule has 0 unspecified atom stereocenters. The van der Waals surface area contributed by atoms with Gasteiger partial charge < -0.3 is 14.5 Å². The second kappa shape index (κ2) is 8.93. The van der Waals surface area contributed by atoms with E-state index in [4.69, 9.17) is 4.74 Å². The number of benzene rings is 1. The lowest BCUT2D eigenvalue weighted by molar-refractivity contribution is -0.131. The summed E-state index contributed by atoms with van der Waals surface area (Å²) in [7, 11) is -0.525. The van der Waals surface area contributed by atoms with Crippen LogP contribution in [-0.2, 0) is 14.8 Å². The quantitative estimate of drug-likeness (QED) is 0.712. The number of carbonyl (C=O) groups is 1. The Morgan fingerprint density at radius 3 is 2.54 bits per heavy atom. The highest BCUT2D eigenvalue weighted by atomic mass is 32.2. The Morgan fingerprint density at radius 1 is 1.14 bits per heavy atom. The fourth-order valence-corrected chi connectivity index (χ4v) is 5.48. The number of carbonyl (C=O) groups excluding carboxylic acids is 1. The number of sulfonamides is 1. The molecule has 3 rings (SSSR count). The zero-order valence-electron chi connectivity index (χ0n) is 16.1. The average Bonchev–Trinajstić information content (AvgIpc) is 3.14.